The maximum absolute atomic E-state index is 11.1. The molecule has 0 aliphatic carbocycles. The van der Waals surface area contributed by atoms with E-state index in [4.69, 9.17) is 15.6 Å². The summed E-state index contributed by atoms with van der Waals surface area (Å²) in [4.78, 5) is 21.3. The van der Waals surface area contributed by atoms with Crippen molar-refractivity contribution < 1.29 is 19.4 Å². The smallest absolute Gasteiger partial charge is 0.305 e. The number of carboxylic acids is 1. The number of benzene rings is 1. The maximum atomic E-state index is 11.1. The molecule has 0 bridgehead atoms. The fourth-order valence-electron chi connectivity index (χ4n) is 1.58. The zero-order chi connectivity index (χ0) is 14.3. The summed E-state index contributed by atoms with van der Waals surface area (Å²) in [5, 5.41) is 11.5. The molecule has 6 heteroatoms. The Hall–Kier alpha value is -2.08. The van der Waals surface area contributed by atoms with Crippen molar-refractivity contribution in [3.05, 3.63) is 29.3 Å². The lowest BCUT2D eigenvalue weighted by molar-refractivity contribution is -0.138. The largest absolute Gasteiger partial charge is 0.481 e. The number of primary amides is 1. The second kappa shape index (κ2) is 7.38. The summed E-state index contributed by atoms with van der Waals surface area (Å²) in [7, 11) is 0. The number of hydrogen-bond acceptors (Lipinski definition) is 4. The number of ether oxygens (including phenoxy) is 1. The van der Waals surface area contributed by atoms with Crippen LogP contribution in [0.25, 0.3) is 0 Å². The third-order valence-corrected chi connectivity index (χ3v) is 2.53. The molecule has 0 fully saturated rings. The highest BCUT2D eigenvalue weighted by Crippen LogP contribution is 2.14. The summed E-state index contributed by atoms with van der Waals surface area (Å²) in [5.41, 5.74) is 7.39. The van der Waals surface area contributed by atoms with Crippen molar-refractivity contribution in [2.24, 2.45) is 5.73 Å². The molecular formula is C13H18N2O4. The van der Waals surface area contributed by atoms with Gasteiger partial charge in [-0.1, -0.05) is 0 Å². The van der Waals surface area contributed by atoms with E-state index in [1.807, 2.05) is 13.0 Å². The average molecular weight is 266 g/mol. The number of nitrogens with two attached hydrogens (primary N) is 1. The number of carbonyl (C=O) groups excluding carboxylic acids is 1. The fourth-order valence-corrected chi connectivity index (χ4v) is 1.58. The number of aryl methyl sites for hydroxylation is 1. The van der Waals surface area contributed by atoms with Crippen molar-refractivity contribution in [3.63, 3.8) is 0 Å². The monoisotopic (exact) mass is 266 g/mol. The lowest BCUT2D eigenvalue weighted by Gasteiger charge is -2.09. The molecule has 0 atom stereocenters. The molecule has 0 heterocycles. The summed E-state index contributed by atoms with van der Waals surface area (Å²) in [6, 6.07) is 5.27. The van der Waals surface area contributed by atoms with Crippen LogP contribution in [0.3, 0.4) is 0 Å². The van der Waals surface area contributed by atoms with Crippen molar-refractivity contribution in [2.45, 2.75) is 13.3 Å². The first-order valence-corrected chi connectivity index (χ1v) is 5.94. The number of rotatable bonds is 8. The molecule has 0 spiro atoms. The van der Waals surface area contributed by atoms with E-state index in [-0.39, 0.29) is 13.0 Å². The van der Waals surface area contributed by atoms with E-state index in [2.05, 4.69) is 5.32 Å². The molecular weight excluding hydrogens is 248 g/mol. The Morgan fingerprint density at radius 1 is 1.37 bits per heavy atom. The van der Waals surface area contributed by atoms with Crippen LogP contribution in [-0.2, 0) is 9.53 Å². The van der Waals surface area contributed by atoms with Gasteiger partial charge in [-0.3, -0.25) is 9.59 Å². The molecule has 0 aliphatic rings. The van der Waals surface area contributed by atoms with E-state index in [0.717, 1.165) is 11.3 Å². The van der Waals surface area contributed by atoms with Crippen molar-refractivity contribution in [1.82, 2.24) is 0 Å². The minimum atomic E-state index is -0.870. The Kier molecular flexibility index (Phi) is 5.81. The van der Waals surface area contributed by atoms with Crippen LogP contribution in [0.15, 0.2) is 18.2 Å². The quantitative estimate of drug-likeness (QED) is 0.609. The van der Waals surface area contributed by atoms with Crippen molar-refractivity contribution in [2.75, 3.05) is 25.1 Å². The second-order valence-electron chi connectivity index (χ2n) is 4.08. The molecule has 0 saturated carbocycles. The molecule has 0 aromatic heterocycles. The maximum Gasteiger partial charge on any atom is 0.305 e. The molecule has 0 unspecified atom stereocenters. The molecule has 1 amide bonds. The SMILES string of the molecule is Cc1cc(NCCOCCC(=O)O)ccc1C(N)=O. The van der Waals surface area contributed by atoms with E-state index in [1.54, 1.807) is 12.1 Å². The predicted molar refractivity (Wildman–Crippen MR) is 71.3 cm³/mol. The highest BCUT2D eigenvalue weighted by Gasteiger charge is 2.04. The normalized spacial score (nSPS) is 10.2. The Bertz CT molecular complexity index is 460. The van der Waals surface area contributed by atoms with E-state index < -0.39 is 11.9 Å². The topological polar surface area (TPSA) is 102 Å². The van der Waals surface area contributed by atoms with Gasteiger partial charge in [-0.15, -0.1) is 0 Å². The lowest BCUT2D eigenvalue weighted by atomic mass is 10.1. The molecule has 0 saturated heterocycles. The summed E-state index contributed by atoms with van der Waals surface area (Å²) >= 11 is 0. The van der Waals surface area contributed by atoms with Gasteiger partial charge in [0, 0.05) is 17.8 Å². The highest BCUT2D eigenvalue weighted by atomic mass is 16.5. The van der Waals surface area contributed by atoms with Crippen molar-refractivity contribution in [3.8, 4) is 0 Å². The third kappa shape index (κ3) is 5.39. The van der Waals surface area contributed by atoms with Gasteiger partial charge in [-0.05, 0) is 30.7 Å². The predicted octanol–water partition coefficient (Wildman–Crippen LogP) is 0.997. The molecule has 104 valence electrons. The minimum absolute atomic E-state index is 0.00637. The second-order valence-corrected chi connectivity index (χ2v) is 4.08. The first-order chi connectivity index (χ1) is 9.00. The van der Waals surface area contributed by atoms with Crippen LogP contribution in [-0.4, -0.2) is 36.7 Å². The number of nitrogens with one attached hydrogen (secondary N) is 1. The molecule has 19 heavy (non-hydrogen) atoms. The Balaban J connectivity index is 2.32. The van der Waals surface area contributed by atoms with Gasteiger partial charge in [0.15, 0.2) is 0 Å². The van der Waals surface area contributed by atoms with Crippen molar-refractivity contribution in [1.29, 1.82) is 0 Å². The molecule has 1 rings (SSSR count). The average Bonchev–Trinajstić information content (AvgIpc) is 2.32. The summed E-state index contributed by atoms with van der Waals surface area (Å²) < 4.78 is 5.14. The van der Waals surface area contributed by atoms with E-state index in [9.17, 15) is 9.59 Å². The van der Waals surface area contributed by atoms with Gasteiger partial charge in [0.25, 0.3) is 0 Å². The highest BCUT2D eigenvalue weighted by molar-refractivity contribution is 5.94. The van der Waals surface area contributed by atoms with Crippen LogP contribution in [0, 0.1) is 6.92 Å². The lowest BCUT2D eigenvalue weighted by Crippen LogP contribution is -2.14. The van der Waals surface area contributed by atoms with Gasteiger partial charge in [-0.2, -0.15) is 0 Å². The van der Waals surface area contributed by atoms with E-state index >= 15 is 0 Å². The summed E-state index contributed by atoms with van der Waals surface area (Å²) in [6.45, 7) is 3.00. The van der Waals surface area contributed by atoms with Crippen LogP contribution >= 0.6 is 0 Å². The zero-order valence-electron chi connectivity index (χ0n) is 10.8. The summed E-state index contributed by atoms with van der Waals surface area (Å²) in [6.07, 6.45) is 0.00637. The van der Waals surface area contributed by atoms with E-state index in [0.29, 0.717) is 18.7 Å². The number of amides is 1. The first-order valence-electron chi connectivity index (χ1n) is 5.94. The van der Waals surface area contributed by atoms with Crippen LogP contribution in [0.4, 0.5) is 5.69 Å². The zero-order valence-corrected chi connectivity index (χ0v) is 10.8. The standard InChI is InChI=1S/C13H18N2O4/c1-9-8-10(2-3-11(9)13(14)18)15-5-7-19-6-4-12(16)17/h2-3,8,15H,4-7H2,1H3,(H2,14,18)(H,16,17). The number of hydrogen-bond donors (Lipinski definition) is 3. The molecule has 6 nitrogen and oxygen atoms in total. The van der Waals surface area contributed by atoms with Crippen LogP contribution in [0.5, 0.6) is 0 Å². The van der Waals surface area contributed by atoms with Crippen molar-refractivity contribution >= 4 is 17.6 Å². The van der Waals surface area contributed by atoms with Gasteiger partial charge >= 0.3 is 5.97 Å². The van der Waals surface area contributed by atoms with Gasteiger partial charge in [0.2, 0.25) is 5.91 Å². The Morgan fingerprint density at radius 3 is 2.68 bits per heavy atom. The summed E-state index contributed by atoms with van der Waals surface area (Å²) in [5.74, 6) is -1.31. The molecule has 0 radical (unpaired) electrons. The number of aliphatic carboxylic acids is 1. The van der Waals surface area contributed by atoms with Gasteiger partial charge in [0.05, 0.1) is 19.6 Å². The Morgan fingerprint density at radius 2 is 2.11 bits per heavy atom. The third-order valence-electron chi connectivity index (χ3n) is 2.53. The first kappa shape index (κ1) is 15.0. The number of carboxylic acid groups (broad SMARTS) is 1. The molecule has 4 N–H and O–H groups in total. The number of anilines is 1. The van der Waals surface area contributed by atoms with Crippen LogP contribution in [0.2, 0.25) is 0 Å². The van der Waals surface area contributed by atoms with Gasteiger partial charge in [-0.25, -0.2) is 0 Å². The Labute approximate surface area is 111 Å². The van der Waals surface area contributed by atoms with Crippen LogP contribution < -0.4 is 11.1 Å². The van der Waals surface area contributed by atoms with E-state index in [1.165, 1.54) is 0 Å². The van der Waals surface area contributed by atoms with Gasteiger partial charge < -0.3 is 20.9 Å². The molecule has 0 aliphatic heterocycles. The molecule has 1 aromatic carbocycles. The molecule has 1 aromatic rings. The van der Waals surface area contributed by atoms with Gasteiger partial charge in [0.1, 0.15) is 0 Å². The fraction of sp³-hybridized carbons (Fsp3) is 0.385. The van der Waals surface area contributed by atoms with Crippen LogP contribution in [0.1, 0.15) is 22.3 Å². The number of carbonyl (C=O) groups is 2. The minimum Gasteiger partial charge on any atom is -0.481 e.